The van der Waals surface area contributed by atoms with Crippen LogP contribution in [0.2, 0.25) is 0 Å². The lowest BCUT2D eigenvalue weighted by Crippen LogP contribution is -2.38. The van der Waals surface area contributed by atoms with Crippen LogP contribution >= 0.6 is 0 Å². The molecule has 0 aromatic heterocycles. The van der Waals surface area contributed by atoms with Crippen molar-refractivity contribution in [2.24, 2.45) is 5.92 Å². The Bertz CT molecular complexity index is 895. The zero-order chi connectivity index (χ0) is 22.6. The number of rotatable bonds is 10. The van der Waals surface area contributed by atoms with Crippen molar-refractivity contribution in [3.8, 4) is 0 Å². The predicted octanol–water partition coefficient (Wildman–Crippen LogP) is 4.20. The Balaban J connectivity index is 1.96. The molecule has 0 fully saturated rings. The molecule has 3 amide bonds. The summed E-state index contributed by atoms with van der Waals surface area (Å²) in [6.07, 6.45) is 4.18. The molecule has 2 aromatic rings. The monoisotopic (exact) mass is 423 g/mol. The average molecular weight is 424 g/mol. The molecule has 0 aliphatic heterocycles. The molecule has 3 N–H and O–H groups in total. The van der Waals surface area contributed by atoms with E-state index in [1.54, 1.807) is 24.3 Å². The van der Waals surface area contributed by atoms with Crippen LogP contribution in [0.1, 0.15) is 61.0 Å². The standard InChI is InChI=1S/C25H33N3O3/c1-4-6-12-19(5-2)16-26-24(30)25(31)28-22-15-10-9-14-21(22)23(29)27-17-20-13-8-7-11-18(20)3/h7-11,13-15,19H,4-6,12,16-17H2,1-3H3,(H,26,30)(H,27,29)(H,28,31)/t19-/m0/s1. The van der Waals surface area contributed by atoms with E-state index in [0.29, 0.717) is 30.3 Å². The van der Waals surface area contributed by atoms with Gasteiger partial charge in [-0.15, -0.1) is 0 Å². The number of anilines is 1. The van der Waals surface area contributed by atoms with Crippen LogP contribution in [0.5, 0.6) is 0 Å². The summed E-state index contributed by atoms with van der Waals surface area (Å²) >= 11 is 0. The highest BCUT2D eigenvalue weighted by Gasteiger charge is 2.19. The number of aryl methyl sites for hydroxylation is 1. The summed E-state index contributed by atoms with van der Waals surface area (Å²) in [5.41, 5.74) is 2.73. The molecule has 0 saturated heterocycles. The number of carbonyl (C=O) groups is 3. The van der Waals surface area contributed by atoms with Gasteiger partial charge in [-0.25, -0.2) is 0 Å². The van der Waals surface area contributed by atoms with Crippen LogP contribution in [0.3, 0.4) is 0 Å². The van der Waals surface area contributed by atoms with Crippen LogP contribution in [0.25, 0.3) is 0 Å². The van der Waals surface area contributed by atoms with Crippen molar-refractivity contribution in [2.75, 3.05) is 11.9 Å². The molecule has 6 heteroatoms. The molecule has 2 aromatic carbocycles. The summed E-state index contributed by atoms with van der Waals surface area (Å²) in [7, 11) is 0. The minimum absolute atomic E-state index is 0.308. The summed E-state index contributed by atoms with van der Waals surface area (Å²) in [6.45, 7) is 7.05. The number of para-hydroxylation sites is 1. The van der Waals surface area contributed by atoms with E-state index in [1.165, 1.54) is 0 Å². The molecule has 0 radical (unpaired) electrons. The molecular formula is C25H33N3O3. The second kappa shape index (κ2) is 12.5. The fraction of sp³-hybridized carbons (Fsp3) is 0.400. The third-order valence-corrected chi connectivity index (χ3v) is 5.42. The molecule has 0 aliphatic rings. The zero-order valence-corrected chi connectivity index (χ0v) is 18.7. The van der Waals surface area contributed by atoms with Crippen molar-refractivity contribution < 1.29 is 14.4 Å². The summed E-state index contributed by atoms with van der Waals surface area (Å²) in [6, 6.07) is 14.5. The first-order valence-electron chi connectivity index (χ1n) is 11.0. The van der Waals surface area contributed by atoms with Crippen LogP contribution in [0, 0.1) is 12.8 Å². The van der Waals surface area contributed by atoms with Gasteiger partial charge in [0.05, 0.1) is 11.3 Å². The Hall–Kier alpha value is -3.15. The fourth-order valence-corrected chi connectivity index (χ4v) is 3.31. The summed E-state index contributed by atoms with van der Waals surface area (Å²) < 4.78 is 0. The predicted molar refractivity (Wildman–Crippen MR) is 124 cm³/mol. The van der Waals surface area contributed by atoms with Gasteiger partial charge in [0.1, 0.15) is 0 Å². The molecule has 166 valence electrons. The van der Waals surface area contributed by atoms with Crippen molar-refractivity contribution in [1.82, 2.24) is 10.6 Å². The first-order valence-corrected chi connectivity index (χ1v) is 11.0. The van der Waals surface area contributed by atoms with E-state index in [9.17, 15) is 14.4 Å². The lowest BCUT2D eigenvalue weighted by molar-refractivity contribution is -0.136. The number of hydrogen-bond donors (Lipinski definition) is 3. The van der Waals surface area contributed by atoms with Gasteiger partial charge in [-0.2, -0.15) is 0 Å². The third-order valence-electron chi connectivity index (χ3n) is 5.42. The molecule has 6 nitrogen and oxygen atoms in total. The minimum atomic E-state index is -0.774. The molecule has 31 heavy (non-hydrogen) atoms. The van der Waals surface area contributed by atoms with Gasteiger partial charge in [0.2, 0.25) is 0 Å². The maximum atomic E-state index is 12.7. The Morgan fingerprint density at radius 1 is 0.903 bits per heavy atom. The van der Waals surface area contributed by atoms with Crippen molar-refractivity contribution in [3.05, 3.63) is 65.2 Å². The van der Waals surface area contributed by atoms with Crippen LogP contribution in [-0.4, -0.2) is 24.3 Å². The second-order valence-electron chi connectivity index (χ2n) is 7.74. The van der Waals surface area contributed by atoms with Gasteiger partial charge < -0.3 is 16.0 Å². The number of amides is 3. The number of nitrogens with one attached hydrogen (secondary N) is 3. The number of hydrogen-bond acceptors (Lipinski definition) is 3. The highest BCUT2D eigenvalue weighted by molar-refractivity contribution is 6.40. The van der Waals surface area contributed by atoms with E-state index in [4.69, 9.17) is 0 Å². The highest BCUT2D eigenvalue weighted by Crippen LogP contribution is 2.16. The van der Waals surface area contributed by atoms with Crippen molar-refractivity contribution in [3.63, 3.8) is 0 Å². The normalized spacial score (nSPS) is 11.5. The average Bonchev–Trinajstić information content (AvgIpc) is 2.78. The van der Waals surface area contributed by atoms with E-state index in [2.05, 4.69) is 29.8 Å². The Kier molecular flexibility index (Phi) is 9.75. The van der Waals surface area contributed by atoms with Gasteiger partial charge in [0.25, 0.3) is 5.91 Å². The molecule has 2 rings (SSSR count). The molecular weight excluding hydrogens is 390 g/mol. The van der Waals surface area contributed by atoms with Gasteiger partial charge in [-0.1, -0.05) is 69.5 Å². The Morgan fingerprint density at radius 2 is 1.61 bits per heavy atom. The van der Waals surface area contributed by atoms with Crippen molar-refractivity contribution in [1.29, 1.82) is 0 Å². The van der Waals surface area contributed by atoms with Gasteiger partial charge in [-0.05, 0) is 42.5 Å². The summed E-state index contributed by atoms with van der Waals surface area (Å²) in [5.74, 6) is -1.42. The lowest BCUT2D eigenvalue weighted by Gasteiger charge is -2.15. The molecule has 0 unspecified atom stereocenters. The highest BCUT2D eigenvalue weighted by atomic mass is 16.2. The molecule has 0 bridgehead atoms. The van der Waals surface area contributed by atoms with Gasteiger partial charge in [0, 0.05) is 13.1 Å². The van der Waals surface area contributed by atoms with Crippen molar-refractivity contribution in [2.45, 2.75) is 53.0 Å². The van der Waals surface area contributed by atoms with E-state index in [1.807, 2.05) is 31.2 Å². The quantitative estimate of drug-likeness (QED) is 0.501. The summed E-state index contributed by atoms with van der Waals surface area (Å²) in [4.78, 5) is 37.3. The second-order valence-corrected chi connectivity index (χ2v) is 7.74. The van der Waals surface area contributed by atoms with Gasteiger partial charge in [0.15, 0.2) is 0 Å². The summed E-state index contributed by atoms with van der Waals surface area (Å²) in [5, 5.41) is 8.16. The van der Waals surface area contributed by atoms with Crippen LogP contribution in [-0.2, 0) is 16.1 Å². The molecule has 0 spiro atoms. The van der Waals surface area contributed by atoms with E-state index < -0.39 is 11.8 Å². The van der Waals surface area contributed by atoms with Crippen LogP contribution in [0.4, 0.5) is 5.69 Å². The van der Waals surface area contributed by atoms with Crippen LogP contribution < -0.4 is 16.0 Å². The minimum Gasteiger partial charge on any atom is -0.348 e. The largest absolute Gasteiger partial charge is 0.348 e. The van der Waals surface area contributed by atoms with E-state index in [-0.39, 0.29) is 5.91 Å². The molecule has 0 aliphatic carbocycles. The van der Waals surface area contributed by atoms with Gasteiger partial charge in [-0.3, -0.25) is 14.4 Å². The Labute approximate surface area is 184 Å². The maximum absolute atomic E-state index is 12.7. The van der Waals surface area contributed by atoms with Crippen LogP contribution in [0.15, 0.2) is 48.5 Å². The SMILES string of the molecule is CCCC[C@H](CC)CNC(=O)C(=O)Nc1ccccc1C(=O)NCc1ccccc1C. The van der Waals surface area contributed by atoms with E-state index >= 15 is 0 Å². The van der Waals surface area contributed by atoms with Gasteiger partial charge >= 0.3 is 11.8 Å². The molecule has 1 atom stereocenters. The molecule has 0 saturated carbocycles. The number of benzene rings is 2. The maximum Gasteiger partial charge on any atom is 0.313 e. The van der Waals surface area contributed by atoms with E-state index in [0.717, 1.165) is 36.8 Å². The topological polar surface area (TPSA) is 87.3 Å². The third kappa shape index (κ3) is 7.55. The smallest absolute Gasteiger partial charge is 0.313 e. The first kappa shape index (κ1) is 24.1. The van der Waals surface area contributed by atoms with Crippen molar-refractivity contribution >= 4 is 23.4 Å². The first-order chi connectivity index (χ1) is 15.0. The molecule has 0 heterocycles. The number of carbonyl (C=O) groups excluding carboxylic acids is 3. The Morgan fingerprint density at radius 3 is 2.32 bits per heavy atom. The zero-order valence-electron chi connectivity index (χ0n) is 18.7. The fourth-order valence-electron chi connectivity index (χ4n) is 3.31. The number of unbranched alkanes of at least 4 members (excludes halogenated alkanes) is 1. The lowest BCUT2D eigenvalue weighted by atomic mass is 9.99.